The molecule has 1 rings (SSSR count). The fourth-order valence-electron chi connectivity index (χ4n) is 2.38. The molecule has 0 aliphatic rings. The highest BCUT2D eigenvalue weighted by atomic mass is 16.3. The molecule has 0 aromatic heterocycles. The highest BCUT2D eigenvalue weighted by molar-refractivity contribution is 5.59. The van der Waals surface area contributed by atoms with E-state index in [1.54, 1.807) is 0 Å². The summed E-state index contributed by atoms with van der Waals surface area (Å²) in [5.74, 6) is 0.417. The molecule has 0 heterocycles. The molecule has 1 unspecified atom stereocenters. The molecule has 0 spiro atoms. The molecule has 0 radical (unpaired) electrons. The number of hydrogen-bond donors (Lipinski definition) is 2. The van der Waals surface area contributed by atoms with Crippen molar-refractivity contribution in [1.82, 2.24) is 0 Å². The van der Waals surface area contributed by atoms with Gasteiger partial charge < -0.3 is 10.4 Å². The first-order chi connectivity index (χ1) is 9.06. The number of phenolic OH excluding ortho intramolecular Hbond substituents is 1. The summed E-state index contributed by atoms with van der Waals surface area (Å²) in [6.07, 6.45) is 7.82. The van der Waals surface area contributed by atoms with Crippen molar-refractivity contribution in [3.05, 3.63) is 23.3 Å². The summed E-state index contributed by atoms with van der Waals surface area (Å²) in [5.41, 5.74) is 2.96. The smallest absolute Gasteiger partial charge is 0.123 e. The molecular formula is C17H29NO. The largest absolute Gasteiger partial charge is 0.507 e. The van der Waals surface area contributed by atoms with E-state index in [1.165, 1.54) is 38.5 Å². The number of aromatic hydroxyl groups is 1. The second kappa shape index (κ2) is 8.08. The predicted octanol–water partition coefficient (Wildman–Crippen LogP) is 5.17. The Bertz CT molecular complexity index is 387. The average Bonchev–Trinajstić information content (AvgIpc) is 2.39. The summed E-state index contributed by atoms with van der Waals surface area (Å²) in [5, 5.41) is 13.4. The van der Waals surface area contributed by atoms with E-state index in [9.17, 15) is 5.11 Å². The first-order valence-electron chi connectivity index (χ1n) is 7.62. The Morgan fingerprint density at radius 2 is 1.79 bits per heavy atom. The van der Waals surface area contributed by atoms with Crippen molar-refractivity contribution in [2.45, 2.75) is 72.3 Å². The van der Waals surface area contributed by atoms with Crippen LogP contribution in [0, 0.1) is 13.8 Å². The van der Waals surface area contributed by atoms with Gasteiger partial charge in [-0.05, 0) is 38.8 Å². The zero-order valence-corrected chi connectivity index (χ0v) is 12.9. The zero-order valence-electron chi connectivity index (χ0n) is 12.9. The van der Waals surface area contributed by atoms with Gasteiger partial charge in [-0.3, -0.25) is 0 Å². The Labute approximate surface area is 118 Å². The van der Waals surface area contributed by atoms with E-state index in [-0.39, 0.29) is 0 Å². The highest BCUT2D eigenvalue weighted by Gasteiger charge is 2.08. The van der Waals surface area contributed by atoms with Crippen LogP contribution in [0.2, 0.25) is 0 Å². The van der Waals surface area contributed by atoms with Crippen LogP contribution in [0.3, 0.4) is 0 Å². The summed E-state index contributed by atoms with van der Waals surface area (Å²) in [7, 11) is 0. The first kappa shape index (κ1) is 15.9. The van der Waals surface area contributed by atoms with E-state index in [1.807, 2.05) is 19.9 Å². The summed E-state index contributed by atoms with van der Waals surface area (Å²) in [6.45, 7) is 8.37. The van der Waals surface area contributed by atoms with Crippen LogP contribution in [0.25, 0.3) is 0 Å². The molecule has 2 heteroatoms. The van der Waals surface area contributed by atoms with Gasteiger partial charge in [-0.1, -0.05) is 45.1 Å². The van der Waals surface area contributed by atoms with Crippen LogP contribution >= 0.6 is 0 Å². The molecule has 0 bridgehead atoms. The van der Waals surface area contributed by atoms with Crippen molar-refractivity contribution in [3.8, 4) is 5.75 Å². The summed E-state index contributed by atoms with van der Waals surface area (Å²) in [4.78, 5) is 0. The predicted molar refractivity (Wildman–Crippen MR) is 84.0 cm³/mol. The summed E-state index contributed by atoms with van der Waals surface area (Å²) < 4.78 is 0. The lowest BCUT2D eigenvalue weighted by atomic mass is 10.1. The van der Waals surface area contributed by atoms with E-state index in [0.717, 1.165) is 16.8 Å². The molecule has 2 nitrogen and oxygen atoms in total. The number of unbranched alkanes of at least 4 members (excludes halogenated alkanes) is 4. The van der Waals surface area contributed by atoms with Gasteiger partial charge in [0.05, 0.1) is 0 Å². The lowest BCUT2D eigenvalue weighted by Gasteiger charge is -2.18. The van der Waals surface area contributed by atoms with Gasteiger partial charge in [-0.15, -0.1) is 0 Å². The molecule has 0 fully saturated rings. The first-order valence-corrected chi connectivity index (χ1v) is 7.62. The van der Waals surface area contributed by atoms with Crippen LogP contribution in [0.1, 0.15) is 63.5 Å². The van der Waals surface area contributed by atoms with Crippen LogP contribution in [-0.2, 0) is 0 Å². The van der Waals surface area contributed by atoms with E-state index in [4.69, 9.17) is 0 Å². The molecule has 0 aliphatic heterocycles. The lowest BCUT2D eigenvalue weighted by Crippen LogP contribution is -2.15. The maximum Gasteiger partial charge on any atom is 0.123 e. The van der Waals surface area contributed by atoms with Gasteiger partial charge in [-0.2, -0.15) is 0 Å². The Morgan fingerprint density at radius 1 is 1.11 bits per heavy atom. The van der Waals surface area contributed by atoms with Crippen LogP contribution in [0.5, 0.6) is 5.75 Å². The maximum absolute atomic E-state index is 9.93. The molecule has 19 heavy (non-hydrogen) atoms. The second-order valence-electron chi connectivity index (χ2n) is 5.65. The molecule has 1 atom stereocenters. The third-order valence-corrected chi connectivity index (χ3v) is 3.78. The van der Waals surface area contributed by atoms with E-state index < -0.39 is 0 Å². The molecule has 0 aliphatic carbocycles. The summed E-state index contributed by atoms with van der Waals surface area (Å²) in [6, 6.07) is 4.50. The Hall–Kier alpha value is -1.18. The number of aryl methyl sites for hydroxylation is 1. The van der Waals surface area contributed by atoms with Crippen molar-refractivity contribution in [1.29, 1.82) is 0 Å². The molecule has 1 aromatic rings. The van der Waals surface area contributed by atoms with Crippen LogP contribution in [-0.4, -0.2) is 11.1 Å². The Balaban J connectivity index is 2.40. The number of rotatable bonds is 8. The standard InChI is InChI=1S/C17H29NO/c1-5-6-7-8-9-10-14(3)18-16-12-11-13(2)17(19)15(16)4/h11-12,14,18-19H,5-10H2,1-4H3. The highest BCUT2D eigenvalue weighted by Crippen LogP contribution is 2.28. The third kappa shape index (κ3) is 5.14. The third-order valence-electron chi connectivity index (χ3n) is 3.78. The van der Waals surface area contributed by atoms with Gasteiger partial charge in [0.25, 0.3) is 0 Å². The summed E-state index contributed by atoms with van der Waals surface area (Å²) >= 11 is 0. The fourth-order valence-corrected chi connectivity index (χ4v) is 2.38. The van der Waals surface area contributed by atoms with Crippen molar-refractivity contribution < 1.29 is 5.11 Å². The number of benzene rings is 1. The van der Waals surface area contributed by atoms with Crippen LogP contribution < -0.4 is 5.32 Å². The topological polar surface area (TPSA) is 32.3 Å². The Morgan fingerprint density at radius 3 is 2.47 bits per heavy atom. The Kier molecular flexibility index (Phi) is 6.75. The number of nitrogens with one attached hydrogen (secondary N) is 1. The van der Waals surface area contributed by atoms with Crippen molar-refractivity contribution >= 4 is 5.69 Å². The lowest BCUT2D eigenvalue weighted by molar-refractivity contribution is 0.467. The van der Waals surface area contributed by atoms with Crippen LogP contribution in [0.4, 0.5) is 5.69 Å². The number of hydrogen-bond acceptors (Lipinski definition) is 2. The van der Waals surface area contributed by atoms with Crippen molar-refractivity contribution in [3.63, 3.8) is 0 Å². The van der Waals surface area contributed by atoms with Crippen LogP contribution in [0.15, 0.2) is 12.1 Å². The molecule has 0 saturated carbocycles. The average molecular weight is 263 g/mol. The zero-order chi connectivity index (χ0) is 14.3. The van der Waals surface area contributed by atoms with E-state index in [0.29, 0.717) is 11.8 Å². The number of anilines is 1. The molecule has 0 saturated heterocycles. The van der Waals surface area contributed by atoms with E-state index in [2.05, 4.69) is 25.2 Å². The van der Waals surface area contributed by atoms with Gasteiger partial charge in [-0.25, -0.2) is 0 Å². The maximum atomic E-state index is 9.93. The SMILES string of the molecule is CCCCCCCC(C)Nc1ccc(C)c(O)c1C. The second-order valence-corrected chi connectivity index (χ2v) is 5.65. The van der Waals surface area contributed by atoms with E-state index >= 15 is 0 Å². The van der Waals surface area contributed by atoms with Gasteiger partial charge in [0, 0.05) is 17.3 Å². The molecule has 108 valence electrons. The van der Waals surface area contributed by atoms with Gasteiger partial charge in [0.15, 0.2) is 0 Å². The quantitative estimate of drug-likeness (QED) is 0.634. The van der Waals surface area contributed by atoms with Crippen molar-refractivity contribution in [2.24, 2.45) is 0 Å². The van der Waals surface area contributed by atoms with Gasteiger partial charge in [0.2, 0.25) is 0 Å². The van der Waals surface area contributed by atoms with Gasteiger partial charge in [0.1, 0.15) is 5.75 Å². The minimum atomic E-state index is 0.417. The fraction of sp³-hybridized carbons (Fsp3) is 0.647. The monoisotopic (exact) mass is 263 g/mol. The molecular weight excluding hydrogens is 234 g/mol. The molecule has 0 amide bonds. The normalized spacial score (nSPS) is 12.4. The molecule has 1 aromatic carbocycles. The minimum Gasteiger partial charge on any atom is -0.507 e. The number of phenols is 1. The molecule has 2 N–H and O–H groups in total. The minimum absolute atomic E-state index is 0.417. The van der Waals surface area contributed by atoms with Gasteiger partial charge >= 0.3 is 0 Å². The van der Waals surface area contributed by atoms with Crippen molar-refractivity contribution in [2.75, 3.05) is 5.32 Å².